The first-order valence-electron chi connectivity index (χ1n) is 5.74. The Morgan fingerprint density at radius 1 is 1.15 bits per heavy atom. The van der Waals surface area contributed by atoms with E-state index in [1.807, 2.05) is 0 Å². The van der Waals surface area contributed by atoms with Gasteiger partial charge in [-0.05, 0) is 35.9 Å². The number of amides is 1. The van der Waals surface area contributed by atoms with Gasteiger partial charge >= 0.3 is 0 Å². The van der Waals surface area contributed by atoms with Gasteiger partial charge in [0.15, 0.2) is 0 Å². The number of hydrogen-bond donors (Lipinski definition) is 2. The number of carbonyl (C=O) groups excluding carboxylic acids is 1. The third kappa shape index (κ3) is 3.24. The number of rotatable bonds is 3. The van der Waals surface area contributed by atoms with Crippen molar-refractivity contribution in [3.63, 3.8) is 0 Å². The predicted molar refractivity (Wildman–Crippen MR) is 73.4 cm³/mol. The van der Waals surface area contributed by atoms with Crippen molar-refractivity contribution in [1.29, 1.82) is 0 Å². The monoisotopic (exact) mass is 296 g/mol. The van der Waals surface area contributed by atoms with E-state index in [9.17, 15) is 13.6 Å². The molecule has 0 heterocycles. The molecule has 104 valence electrons. The molecule has 0 atom stereocenters. The first-order chi connectivity index (χ1) is 9.47. The molecule has 0 saturated carbocycles. The zero-order chi connectivity index (χ0) is 14.7. The van der Waals surface area contributed by atoms with Gasteiger partial charge in [-0.1, -0.05) is 17.7 Å². The summed E-state index contributed by atoms with van der Waals surface area (Å²) in [7, 11) is 0. The molecule has 0 aliphatic rings. The molecule has 0 aromatic heterocycles. The molecule has 0 radical (unpaired) electrons. The zero-order valence-corrected chi connectivity index (χ0v) is 11.0. The summed E-state index contributed by atoms with van der Waals surface area (Å²) in [4.78, 5) is 11.8. The number of nitrogen functional groups attached to an aromatic ring is 1. The molecule has 3 nitrogen and oxygen atoms in total. The van der Waals surface area contributed by atoms with E-state index >= 15 is 0 Å². The standard InChI is InChI=1S/C14H11ClF2N2O/c15-10-5-8(1-3-11(10)16)7-19-14(20)9-2-4-13(18)12(17)6-9/h1-6H,7,18H2,(H,19,20). The molecule has 0 aliphatic carbocycles. The van der Waals surface area contributed by atoms with Crippen LogP contribution in [0, 0.1) is 11.6 Å². The van der Waals surface area contributed by atoms with E-state index in [1.54, 1.807) is 0 Å². The number of nitrogens with two attached hydrogens (primary N) is 1. The van der Waals surface area contributed by atoms with Crippen molar-refractivity contribution in [3.8, 4) is 0 Å². The van der Waals surface area contributed by atoms with E-state index in [-0.39, 0.29) is 22.8 Å². The van der Waals surface area contributed by atoms with Crippen LogP contribution >= 0.6 is 11.6 Å². The van der Waals surface area contributed by atoms with Crippen molar-refractivity contribution in [1.82, 2.24) is 5.32 Å². The number of benzene rings is 2. The summed E-state index contributed by atoms with van der Waals surface area (Å²) in [6.07, 6.45) is 0. The summed E-state index contributed by atoms with van der Waals surface area (Å²) in [5.74, 6) is -1.63. The third-order valence-corrected chi connectivity index (χ3v) is 2.99. The highest BCUT2D eigenvalue weighted by molar-refractivity contribution is 6.30. The van der Waals surface area contributed by atoms with Gasteiger partial charge in [0.1, 0.15) is 11.6 Å². The van der Waals surface area contributed by atoms with Crippen LogP contribution in [0.3, 0.4) is 0 Å². The van der Waals surface area contributed by atoms with Crippen LogP contribution in [0.15, 0.2) is 36.4 Å². The maximum atomic E-state index is 13.2. The van der Waals surface area contributed by atoms with Gasteiger partial charge in [-0.25, -0.2) is 8.78 Å². The zero-order valence-electron chi connectivity index (χ0n) is 10.3. The van der Waals surface area contributed by atoms with Crippen LogP contribution in [-0.4, -0.2) is 5.91 Å². The van der Waals surface area contributed by atoms with Crippen LogP contribution < -0.4 is 11.1 Å². The highest BCUT2D eigenvalue weighted by atomic mass is 35.5. The highest BCUT2D eigenvalue weighted by Crippen LogP contribution is 2.16. The van der Waals surface area contributed by atoms with Gasteiger partial charge in [0.05, 0.1) is 10.7 Å². The molecule has 2 aromatic rings. The van der Waals surface area contributed by atoms with E-state index in [1.165, 1.54) is 30.3 Å². The Morgan fingerprint density at radius 3 is 2.55 bits per heavy atom. The van der Waals surface area contributed by atoms with Crippen LogP contribution in [0.25, 0.3) is 0 Å². The van der Waals surface area contributed by atoms with Crippen LogP contribution in [0.5, 0.6) is 0 Å². The minimum Gasteiger partial charge on any atom is -0.396 e. The van der Waals surface area contributed by atoms with Crippen molar-refractivity contribution < 1.29 is 13.6 Å². The number of hydrogen-bond acceptors (Lipinski definition) is 2. The van der Waals surface area contributed by atoms with Crippen molar-refractivity contribution >= 4 is 23.2 Å². The van der Waals surface area contributed by atoms with Crippen molar-refractivity contribution in [3.05, 3.63) is 64.2 Å². The summed E-state index contributed by atoms with van der Waals surface area (Å²) >= 11 is 5.63. The van der Waals surface area contributed by atoms with Gasteiger partial charge in [0, 0.05) is 12.1 Å². The molecule has 2 aromatic carbocycles. The Labute approximate surface area is 119 Å². The Bertz CT molecular complexity index is 662. The fraction of sp³-hybridized carbons (Fsp3) is 0.0714. The van der Waals surface area contributed by atoms with Crippen molar-refractivity contribution in [2.24, 2.45) is 0 Å². The molecule has 0 spiro atoms. The lowest BCUT2D eigenvalue weighted by atomic mass is 10.1. The fourth-order valence-electron chi connectivity index (χ4n) is 1.60. The fourth-order valence-corrected chi connectivity index (χ4v) is 1.81. The minimum atomic E-state index is -0.650. The van der Waals surface area contributed by atoms with E-state index in [0.29, 0.717) is 5.56 Å². The Kier molecular flexibility index (Phi) is 4.20. The quantitative estimate of drug-likeness (QED) is 0.855. The molecule has 3 N–H and O–H groups in total. The molecule has 2 rings (SSSR count). The SMILES string of the molecule is Nc1ccc(C(=O)NCc2ccc(F)c(Cl)c2)cc1F. The van der Waals surface area contributed by atoms with E-state index in [0.717, 1.165) is 6.07 Å². The molecule has 0 unspecified atom stereocenters. The van der Waals surface area contributed by atoms with Crippen LogP contribution in [0.2, 0.25) is 5.02 Å². The molecule has 0 bridgehead atoms. The summed E-state index contributed by atoms with van der Waals surface area (Å²) in [5.41, 5.74) is 6.10. The number of halogens is 3. The smallest absolute Gasteiger partial charge is 0.251 e. The third-order valence-electron chi connectivity index (χ3n) is 2.70. The lowest BCUT2D eigenvalue weighted by molar-refractivity contribution is 0.0950. The summed E-state index contributed by atoms with van der Waals surface area (Å²) in [6.45, 7) is 0.158. The summed E-state index contributed by atoms with van der Waals surface area (Å²) < 4.78 is 26.2. The predicted octanol–water partition coefficient (Wildman–Crippen LogP) is 3.13. The molecule has 0 saturated heterocycles. The lowest BCUT2D eigenvalue weighted by Crippen LogP contribution is -2.23. The lowest BCUT2D eigenvalue weighted by Gasteiger charge is -2.07. The average molecular weight is 297 g/mol. The van der Waals surface area contributed by atoms with Crippen LogP contribution in [0.4, 0.5) is 14.5 Å². The normalized spacial score (nSPS) is 10.3. The van der Waals surface area contributed by atoms with Gasteiger partial charge in [-0.3, -0.25) is 4.79 Å². The second-order valence-electron chi connectivity index (χ2n) is 4.17. The van der Waals surface area contributed by atoms with Gasteiger partial charge in [0.2, 0.25) is 0 Å². The van der Waals surface area contributed by atoms with Crippen LogP contribution in [0.1, 0.15) is 15.9 Å². The molecular formula is C14H11ClF2N2O. The molecule has 0 aliphatic heterocycles. The van der Waals surface area contributed by atoms with Gasteiger partial charge in [-0.2, -0.15) is 0 Å². The second-order valence-corrected chi connectivity index (χ2v) is 4.57. The summed E-state index contributed by atoms with van der Waals surface area (Å²) in [5, 5.41) is 2.56. The summed E-state index contributed by atoms with van der Waals surface area (Å²) in [6, 6.07) is 7.94. The molecule has 6 heteroatoms. The first kappa shape index (κ1) is 14.3. The average Bonchev–Trinajstić information content (AvgIpc) is 2.43. The van der Waals surface area contributed by atoms with Gasteiger partial charge in [0.25, 0.3) is 5.91 Å². The van der Waals surface area contributed by atoms with Gasteiger partial charge in [-0.15, -0.1) is 0 Å². The van der Waals surface area contributed by atoms with E-state index in [2.05, 4.69) is 5.32 Å². The van der Waals surface area contributed by atoms with Crippen molar-refractivity contribution in [2.75, 3.05) is 5.73 Å². The minimum absolute atomic E-state index is 0.0183. The Morgan fingerprint density at radius 2 is 1.90 bits per heavy atom. The van der Waals surface area contributed by atoms with E-state index < -0.39 is 17.5 Å². The Hall–Kier alpha value is -2.14. The highest BCUT2D eigenvalue weighted by Gasteiger charge is 2.08. The molecule has 1 amide bonds. The topological polar surface area (TPSA) is 55.1 Å². The number of carbonyl (C=O) groups is 1. The maximum absolute atomic E-state index is 13.2. The second kappa shape index (κ2) is 5.88. The molecular weight excluding hydrogens is 286 g/mol. The number of nitrogens with one attached hydrogen (secondary N) is 1. The van der Waals surface area contributed by atoms with Crippen molar-refractivity contribution in [2.45, 2.75) is 6.54 Å². The largest absolute Gasteiger partial charge is 0.396 e. The van der Waals surface area contributed by atoms with Gasteiger partial charge < -0.3 is 11.1 Å². The molecule has 20 heavy (non-hydrogen) atoms. The van der Waals surface area contributed by atoms with E-state index in [4.69, 9.17) is 17.3 Å². The maximum Gasteiger partial charge on any atom is 0.251 e. The first-order valence-corrected chi connectivity index (χ1v) is 6.12. The molecule has 0 fully saturated rings. The number of anilines is 1. The Balaban J connectivity index is 2.04. The van der Waals surface area contributed by atoms with Crippen LogP contribution in [-0.2, 0) is 6.54 Å².